The molecule has 6 nitrogen and oxygen atoms in total. The van der Waals surface area contributed by atoms with Crippen LogP contribution in [-0.4, -0.2) is 28.7 Å². The molecule has 0 unspecified atom stereocenters. The van der Waals surface area contributed by atoms with Crippen molar-refractivity contribution in [1.29, 1.82) is 0 Å². The summed E-state index contributed by atoms with van der Waals surface area (Å²) in [6.07, 6.45) is 0. The molecule has 0 saturated heterocycles. The molecule has 2 aromatic carbocycles. The number of benzene rings is 2. The predicted octanol–water partition coefficient (Wildman–Crippen LogP) is 2.88. The smallest absolute Gasteiger partial charge is 0.262 e. The number of aryl methyl sites for hydroxylation is 2. The van der Waals surface area contributed by atoms with Crippen LogP contribution in [0.4, 0.5) is 5.69 Å². The minimum Gasteiger partial charge on any atom is -0.494 e. The molecule has 128 valence electrons. The number of nitrogens with one attached hydrogen (secondary N) is 1. The highest BCUT2D eigenvalue weighted by Crippen LogP contribution is 2.35. The van der Waals surface area contributed by atoms with Gasteiger partial charge >= 0.3 is 0 Å². The average Bonchev–Trinajstić information content (AvgIpc) is 2.53. The molecule has 1 heterocycles. The van der Waals surface area contributed by atoms with Crippen LogP contribution in [0.15, 0.2) is 35.2 Å². The number of hydrogen-bond donors (Lipinski definition) is 1. The van der Waals surface area contributed by atoms with Crippen LogP contribution in [-0.2, 0) is 10.0 Å². The molecule has 3 rings (SSSR count). The van der Waals surface area contributed by atoms with Crippen molar-refractivity contribution in [3.8, 4) is 17.2 Å². The molecule has 0 aliphatic carbocycles. The first kappa shape index (κ1) is 16.4. The molecule has 2 aromatic rings. The van der Waals surface area contributed by atoms with Crippen LogP contribution in [0.25, 0.3) is 0 Å². The van der Waals surface area contributed by atoms with E-state index in [1.54, 1.807) is 12.1 Å². The summed E-state index contributed by atoms with van der Waals surface area (Å²) in [5, 5.41) is 0. The summed E-state index contributed by atoms with van der Waals surface area (Å²) in [7, 11) is -2.27. The minimum absolute atomic E-state index is 0.105. The van der Waals surface area contributed by atoms with E-state index >= 15 is 0 Å². The van der Waals surface area contributed by atoms with Crippen LogP contribution in [0, 0.1) is 13.8 Å². The molecule has 1 N–H and O–H groups in total. The topological polar surface area (TPSA) is 73.9 Å². The number of ether oxygens (including phenoxy) is 3. The van der Waals surface area contributed by atoms with Gasteiger partial charge in [-0.25, -0.2) is 8.42 Å². The van der Waals surface area contributed by atoms with E-state index in [-0.39, 0.29) is 4.90 Å². The molecule has 0 radical (unpaired) electrons. The Bertz CT molecular complexity index is 877. The molecule has 0 spiro atoms. The first-order valence-corrected chi connectivity index (χ1v) is 8.97. The molecular formula is C17H19NO5S. The van der Waals surface area contributed by atoms with Crippen LogP contribution in [0.2, 0.25) is 0 Å². The summed E-state index contributed by atoms with van der Waals surface area (Å²) in [4.78, 5) is 0.105. The van der Waals surface area contributed by atoms with Crippen molar-refractivity contribution in [2.45, 2.75) is 18.7 Å². The number of hydrogen-bond acceptors (Lipinski definition) is 5. The molecule has 0 saturated carbocycles. The zero-order chi connectivity index (χ0) is 17.3. The summed E-state index contributed by atoms with van der Waals surface area (Å²) >= 11 is 0. The van der Waals surface area contributed by atoms with E-state index in [2.05, 4.69) is 4.72 Å². The molecule has 0 aromatic heterocycles. The van der Waals surface area contributed by atoms with Crippen molar-refractivity contribution >= 4 is 15.7 Å². The summed E-state index contributed by atoms with van der Waals surface area (Å²) in [6.45, 7) is 4.62. The highest BCUT2D eigenvalue weighted by atomic mass is 32.2. The van der Waals surface area contributed by atoms with Crippen LogP contribution >= 0.6 is 0 Å². The van der Waals surface area contributed by atoms with Crippen molar-refractivity contribution in [3.05, 3.63) is 41.5 Å². The number of anilines is 1. The normalized spacial score (nSPS) is 13.5. The first-order chi connectivity index (χ1) is 11.4. The molecule has 0 bridgehead atoms. The fraction of sp³-hybridized carbons (Fsp3) is 0.294. The molecule has 1 aliphatic rings. The number of rotatable bonds is 4. The third kappa shape index (κ3) is 3.12. The van der Waals surface area contributed by atoms with E-state index in [0.717, 1.165) is 11.1 Å². The minimum atomic E-state index is -3.78. The van der Waals surface area contributed by atoms with Gasteiger partial charge in [-0.1, -0.05) is 6.07 Å². The maximum absolute atomic E-state index is 12.7. The third-order valence-corrected chi connectivity index (χ3v) is 5.05. The Balaban J connectivity index is 1.98. The van der Waals surface area contributed by atoms with Crippen LogP contribution in [0.1, 0.15) is 11.1 Å². The van der Waals surface area contributed by atoms with Crippen LogP contribution in [0.3, 0.4) is 0 Å². The second-order valence-electron chi connectivity index (χ2n) is 5.57. The zero-order valence-electron chi connectivity index (χ0n) is 13.8. The van der Waals surface area contributed by atoms with Gasteiger partial charge in [0.25, 0.3) is 10.0 Å². The maximum Gasteiger partial charge on any atom is 0.262 e. The molecule has 1 aliphatic heterocycles. The van der Waals surface area contributed by atoms with E-state index in [9.17, 15) is 8.42 Å². The van der Waals surface area contributed by atoms with Gasteiger partial charge in [0.1, 0.15) is 19.0 Å². The lowest BCUT2D eigenvalue weighted by molar-refractivity contribution is 0.171. The molecule has 0 atom stereocenters. The van der Waals surface area contributed by atoms with E-state index < -0.39 is 10.0 Å². The summed E-state index contributed by atoms with van der Waals surface area (Å²) in [5.41, 5.74) is 2.20. The fourth-order valence-electron chi connectivity index (χ4n) is 2.70. The van der Waals surface area contributed by atoms with E-state index in [1.807, 2.05) is 19.9 Å². The maximum atomic E-state index is 12.7. The second kappa shape index (κ2) is 6.24. The van der Waals surface area contributed by atoms with Crippen LogP contribution in [0.5, 0.6) is 17.2 Å². The van der Waals surface area contributed by atoms with E-state index in [0.29, 0.717) is 36.1 Å². The summed E-state index contributed by atoms with van der Waals surface area (Å²) in [5.74, 6) is 1.47. The van der Waals surface area contributed by atoms with Crippen molar-refractivity contribution in [1.82, 2.24) is 0 Å². The lowest BCUT2D eigenvalue weighted by Crippen LogP contribution is -2.17. The summed E-state index contributed by atoms with van der Waals surface area (Å²) in [6, 6.07) is 8.22. The SMILES string of the molecule is COc1c(C)cc(C)cc1NS(=O)(=O)c1ccc2c(c1)OCCO2. The fourth-order valence-corrected chi connectivity index (χ4v) is 3.76. The third-order valence-electron chi connectivity index (χ3n) is 3.69. The van der Waals surface area contributed by atoms with Crippen LogP contribution < -0.4 is 18.9 Å². The van der Waals surface area contributed by atoms with Gasteiger partial charge in [0.2, 0.25) is 0 Å². The van der Waals surface area contributed by atoms with Gasteiger partial charge in [0, 0.05) is 6.07 Å². The van der Waals surface area contributed by atoms with Gasteiger partial charge in [-0.05, 0) is 43.2 Å². The van der Waals surface area contributed by atoms with E-state index in [1.165, 1.54) is 19.2 Å². The van der Waals surface area contributed by atoms with Gasteiger partial charge in [0.15, 0.2) is 11.5 Å². The monoisotopic (exact) mass is 349 g/mol. The van der Waals surface area contributed by atoms with Crippen molar-refractivity contribution in [2.24, 2.45) is 0 Å². The van der Waals surface area contributed by atoms with Crippen molar-refractivity contribution < 1.29 is 22.6 Å². The zero-order valence-corrected chi connectivity index (χ0v) is 14.6. The second-order valence-corrected chi connectivity index (χ2v) is 7.26. The standard InChI is InChI=1S/C17H19NO5S/c1-11-8-12(2)17(21-3)14(9-11)18-24(19,20)13-4-5-15-16(10-13)23-7-6-22-15/h4-5,8-10,18H,6-7H2,1-3H3. The summed E-state index contributed by atoms with van der Waals surface area (Å²) < 4.78 is 44.2. The predicted molar refractivity (Wildman–Crippen MR) is 90.7 cm³/mol. The van der Waals surface area contributed by atoms with Gasteiger partial charge < -0.3 is 14.2 Å². The largest absolute Gasteiger partial charge is 0.494 e. The molecule has 0 fully saturated rings. The van der Waals surface area contributed by atoms with E-state index in [4.69, 9.17) is 14.2 Å². The molecular weight excluding hydrogens is 330 g/mol. The Labute approximate surface area is 141 Å². The number of methoxy groups -OCH3 is 1. The first-order valence-electron chi connectivity index (χ1n) is 7.48. The Morgan fingerprint density at radius 1 is 1.04 bits per heavy atom. The Morgan fingerprint density at radius 3 is 2.46 bits per heavy atom. The van der Waals surface area contributed by atoms with Crippen molar-refractivity contribution in [2.75, 3.05) is 25.0 Å². The van der Waals surface area contributed by atoms with Crippen molar-refractivity contribution in [3.63, 3.8) is 0 Å². The molecule has 0 amide bonds. The van der Waals surface area contributed by atoms with Gasteiger partial charge in [-0.15, -0.1) is 0 Å². The molecule has 24 heavy (non-hydrogen) atoms. The highest BCUT2D eigenvalue weighted by molar-refractivity contribution is 7.92. The highest BCUT2D eigenvalue weighted by Gasteiger charge is 2.21. The number of fused-ring (bicyclic) bond motifs is 1. The lowest BCUT2D eigenvalue weighted by Gasteiger charge is -2.19. The quantitative estimate of drug-likeness (QED) is 0.919. The van der Waals surface area contributed by atoms with Gasteiger partial charge in [-0.2, -0.15) is 0 Å². The Kier molecular flexibility index (Phi) is 4.28. The van der Waals surface area contributed by atoms with Gasteiger partial charge in [0.05, 0.1) is 17.7 Å². The Hall–Kier alpha value is -2.41. The molecule has 7 heteroatoms. The average molecular weight is 349 g/mol. The Morgan fingerprint density at radius 2 is 1.75 bits per heavy atom. The number of sulfonamides is 1. The van der Waals surface area contributed by atoms with Gasteiger partial charge in [-0.3, -0.25) is 4.72 Å². The lowest BCUT2D eigenvalue weighted by atomic mass is 10.1.